The molecule has 0 radical (unpaired) electrons. The molecule has 6 heteroatoms. The van der Waals surface area contributed by atoms with E-state index in [0.29, 0.717) is 46.2 Å². The van der Waals surface area contributed by atoms with Crippen LogP contribution >= 0.6 is 0 Å². The molecule has 0 aliphatic heterocycles. The maximum absolute atomic E-state index is 10.8. The molecule has 0 unspecified atom stereocenters. The minimum atomic E-state index is -0.353. The van der Waals surface area contributed by atoms with Crippen LogP contribution in [0.4, 0.5) is 0 Å². The largest absolute Gasteiger partial charge is 0.464 e. The van der Waals surface area contributed by atoms with Gasteiger partial charge in [0.25, 0.3) is 0 Å². The minimum Gasteiger partial charge on any atom is -0.464 e. The van der Waals surface area contributed by atoms with Gasteiger partial charge in [-0.15, -0.1) is 0 Å². The molecule has 0 saturated carbocycles. The third-order valence-electron chi connectivity index (χ3n) is 1.53. The summed E-state index contributed by atoms with van der Waals surface area (Å²) in [5.74, 6) is -0.353. The Morgan fingerprint density at radius 3 is 2.12 bits per heavy atom. The zero-order valence-corrected chi connectivity index (χ0v) is 9.78. The Kier molecular flexibility index (Phi) is 11.8. The van der Waals surface area contributed by atoms with Crippen LogP contribution in [0, 0.1) is 0 Å². The first-order chi connectivity index (χ1) is 7.81. The summed E-state index contributed by atoms with van der Waals surface area (Å²) in [6.45, 7) is 4.99. The monoisotopic (exact) mass is 235 g/mol. The molecule has 0 aliphatic carbocycles. The molecule has 6 nitrogen and oxygen atoms in total. The Balaban J connectivity index is 3.01. The number of carbonyl (C=O) groups is 1. The van der Waals surface area contributed by atoms with Crippen LogP contribution in [0.25, 0.3) is 0 Å². The molecule has 2 N–H and O–H groups in total. The summed E-state index contributed by atoms with van der Waals surface area (Å²) in [7, 11) is 0. The van der Waals surface area contributed by atoms with Crippen LogP contribution in [-0.2, 0) is 23.7 Å². The summed E-state index contributed by atoms with van der Waals surface area (Å²) >= 11 is 0. The smallest absolute Gasteiger partial charge is 0.332 e. The van der Waals surface area contributed by atoms with Crippen molar-refractivity contribution in [2.24, 2.45) is 5.73 Å². The second-order valence-electron chi connectivity index (χ2n) is 2.87. The fourth-order valence-corrected chi connectivity index (χ4v) is 0.881. The summed E-state index contributed by atoms with van der Waals surface area (Å²) in [6.07, 6.45) is 0. The molecule has 0 amide bonds. The Labute approximate surface area is 96.0 Å². The fourth-order valence-electron chi connectivity index (χ4n) is 0.881. The van der Waals surface area contributed by atoms with E-state index in [1.807, 2.05) is 0 Å². The Morgan fingerprint density at radius 2 is 1.56 bits per heavy atom. The van der Waals surface area contributed by atoms with E-state index < -0.39 is 0 Å². The van der Waals surface area contributed by atoms with E-state index in [9.17, 15) is 4.79 Å². The highest BCUT2D eigenvalue weighted by atomic mass is 16.6. The van der Waals surface area contributed by atoms with Gasteiger partial charge in [-0.3, -0.25) is 0 Å². The third-order valence-corrected chi connectivity index (χ3v) is 1.53. The number of hydrogen-bond acceptors (Lipinski definition) is 6. The molecular weight excluding hydrogens is 214 g/mol. The van der Waals surface area contributed by atoms with Crippen molar-refractivity contribution in [1.29, 1.82) is 0 Å². The number of ether oxygens (including phenoxy) is 4. The van der Waals surface area contributed by atoms with Gasteiger partial charge in [-0.2, -0.15) is 0 Å². The molecule has 0 aromatic heterocycles. The second-order valence-corrected chi connectivity index (χ2v) is 2.87. The van der Waals surface area contributed by atoms with Crippen LogP contribution < -0.4 is 5.73 Å². The van der Waals surface area contributed by atoms with Gasteiger partial charge in [-0.05, 0) is 6.92 Å². The molecule has 0 aromatic rings. The Bertz CT molecular complexity index is 165. The number of hydrogen-bond donors (Lipinski definition) is 1. The van der Waals surface area contributed by atoms with E-state index in [1.165, 1.54) is 0 Å². The SMILES string of the molecule is CCOC(=O)COCCOCCOCCN. The van der Waals surface area contributed by atoms with Crippen molar-refractivity contribution in [3.05, 3.63) is 0 Å². The van der Waals surface area contributed by atoms with Crippen molar-refractivity contribution in [2.75, 3.05) is 52.8 Å². The van der Waals surface area contributed by atoms with Crippen molar-refractivity contribution >= 4 is 5.97 Å². The van der Waals surface area contributed by atoms with Crippen LogP contribution in [-0.4, -0.2) is 58.8 Å². The highest BCUT2D eigenvalue weighted by molar-refractivity contribution is 5.70. The number of esters is 1. The van der Waals surface area contributed by atoms with Gasteiger partial charge in [0, 0.05) is 6.54 Å². The molecule has 0 saturated heterocycles. The highest BCUT2D eigenvalue weighted by Gasteiger charge is 2.00. The zero-order valence-electron chi connectivity index (χ0n) is 9.78. The van der Waals surface area contributed by atoms with Crippen LogP contribution in [0.15, 0.2) is 0 Å². The van der Waals surface area contributed by atoms with Crippen LogP contribution in [0.1, 0.15) is 6.92 Å². The summed E-state index contributed by atoms with van der Waals surface area (Å²) < 4.78 is 20.0. The van der Waals surface area contributed by atoms with Gasteiger partial charge >= 0.3 is 5.97 Å². The Hall–Kier alpha value is -0.690. The molecule has 96 valence electrons. The Morgan fingerprint density at radius 1 is 1.00 bits per heavy atom. The minimum absolute atomic E-state index is 0.0269. The molecule has 0 aliphatic rings. The molecule has 0 rings (SSSR count). The topological polar surface area (TPSA) is 80.0 Å². The van der Waals surface area contributed by atoms with Gasteiger partial charge in [-0.1, -0.05) is 0 Å². The van der Waals surface area contributed by atoms with E-state index in [2.05, 4.69) is 4.74 Å². The first-order valence-corrected chi connectivity index (χ1v) is 5.40. The molecule has 0 atom stereocenters. The van der Waals surface area contributed by atoms with Crippen LogP contribution in [0.3, 0.4) is 0 Å². The lowest BCUT2D eigenvalue weighted by Crippen LogP contribution is -2.16. The van der Waals surface area contributed by atoms with Gasteiger partial charge < -0.3 is 24.7 Å². The van der Waals surface area contributed by atoms with E-state index in [-0.39, 0.29) is 12.6 Å². The maximum atomic E-state index is 10.8. The number of carbonyl (C=O) groups excluding carboxylic acids is 1. The van der Waals surface area contributed by atoms with E-state index >= 15 is 0 Å². The van der Waals surface area contributed by atoms with Crippen molar-refractivity contribution in [3.63, 3.8) is 0 Å². The molecule has 0 spiro atoms. The first-order valence-electron chi connectivity index (χ1n) is 5.40. The predicted molar refractivity (Wildman–Crippen MR) is 58.1 cm³/mol. The standard InChI is InChI=1S/C10H21NO5/c1-2-16-10(12)9-15-8-7-14-6-5-13-4-3-11/h2-9,11H2,1H3. The average Bonchev–Trinajstić information content (AvgIpc) is 2.27. The van der Waals surface area contributed by atoms with Gasteiger partial charge in [0.05, 0.1) is 39.6 Å². The number of nitrogens with two attached hydrogens (primary N) is 1. The van der Waals surface area contributed by atoms with Gasteiger partial charge in [0.15, 0.2) is 0 Å². The molecular formula is C10H21NO5. The predicted octanol–water partition coefficient (Wildman–Crippen LogP) is -0.442. The lowest BCUT2D eigenvalue weighted by molar-refractivity contribution is -0.148. The van der Waals surface area contributed by atoms with Crippen molar-refractivity contribution in [2.45, 2.75) is 6.92 Å². The normalized spacial score (nSPS) is 10.4. The summed E-state index contributed by atoms with van der Waals surface area (Å²) in [6, 6.07) is 0. The van der Waals surface area contributed by atoms with Gasteiger partial charge in [0.1, 0.15) is 6.61 Å². The molecule has 0 fully saturated rings. The fraction of sp³-hybridized carbons (Fsp3) is 0.900. The summed E-state index contributed by atoms with van der Waals surface area (Å²) in [5, 5.41) is 0. The molecule has 0 aromatic carbocycles. The maximum Gasteiger partial charge on any atom is 0.332 e. The average molecular weight is 235 g/mol. The van der Waals surface area contributed by atoms with Crippen molar-refractivity contribution in [1.82, 2.24) is 0 Å². The van der Waals surface area contributed by atoms with Gasteiger partial charge in [0.2, 0.25) is 0 Å². The van der Waals surface area contributed by atoms with E-state index in [1.54, 1.807) is 6.92 Å². The van der Waals surface area contributed by atoms with E-state index in [0.717, 1.165) is 0 Å². The lowest BCUT2D eigenvalue weighted by Gasteiger charge is -2.06. The second kappa shape index (κ2) is 12.4. The zero-order chi connectivity index (χ0) is 12.1. The molecule has 0 heterocycles. The molecule has 0 bridgehead atoms. The summed E-state index contributed by atoms with van der Waals surface area (Å²) in [4.78, 5) is 10.8. The number of rotatable bonds is 11. The van der Waals surface area contributed by atoms with E-state index in [4.69, 9.17) is 19.9 Å². The first kappa shape index (κ1) is 15.3. The van der Waals surface area contributed by atoms with Crippen LogP contribution in [0.5, 0.6) is 0 Å². The quantitative estimate of drug-likeness (QED) is 0.386. The molecule has 16 heavy (non-hydrogen) atoms. The third kappa shape index (κ3) is 11.4. The van der Waals surface area contributed by atoms with Crippen molar-refractivity contribution in [3.8, 4) is 0 Å². The highest BCUT2D eigenvalue weighted by Crippen LogP contribution is 1.83. The summed E-state index contributed by atoms with van der Waals surface area (Å²) in [5.41, 5.74) is 5.23. The van der Waals surface area contributed by atoms with Crippen LogP contribution in [0.2, 0.25) is 0 Å². The van der Waals surface area contributed by atoms with Crippen molar-refractivity contribution < 1.29 is 23.7 Å². The lowest BCUT2D eigenvalue weighted by atomic mass is 10.6. The van der Waals surface area contributed by atoms with Gasteiger partial charge in [-0.25, -0.2) is 4.79 Å².